The molecule has 0 aliphatic heterocycles. The van der Waals surface area contributed by atoms with Crippen LogP contribution in [0.15, 0.2) is 22.7 Å². The van der Waals surface area contributed by atoms with Gasteiger partial charge in [0.2, 0.25) is 0 Å². The van der Waals surface area contributed by atoms with Crippen molar-refractivity contribution in [2.24, 2.45) is 0 Å². The van der Waals surface area contributed by atoms with E-state index >= 15 is 0 Å². The van der Waals surface area contributed by atoms with E-state index in [1.54, 1.807) is 12.1 Å². The van der Waals surface area contributed by atoms with Crippen LogP contribution in [0, 0.1) is 0 Å². The Morgan fingerprint density at radius 2 is 2.00 bits per heavy atom. The second-order valence-corrected chi connectivity index (χ2v) is 5.98. The van der Waals surface area contributed by atoms with E-state index in [9.17, 15) is 0 Å². The fourth-order valence-corrected chi connectivity index (χ4v) is 2.38. The second-order valence-electron chi connectivity index (χ2n) is 5.13. The van der Waals surface area contributed by atoms with E-state index in [4.69, 9.17) is 33.5 Å². The van der Waals surface area contributed by atoms with E-state index in [1.165, 1.54) is 0 Å². The maximum absolute atomic E-state index is 6.25. The maximum Gasteiger partial charge on any atom is 0.175 e. The highest BCUT2D eigenvalue weighted by atomic mass is 35.5. The molecule has 0 bridgehead atoms. The normalized spacial score (nSPS) is 11.8. The Balaban J connectivity index is 2.65. The standard InChI is InChI=1S/C14H16Cl2N2O/c1-4-14(2,3)12-11(13(17)18-19-12)9-6-5-8(15)7-10(9)16/h5-7H,4H2,1-3H3,(H2,17,18). The van der Waals surface area contributed by atoms with Gasteiger partial charge < -0.3 is 10.3 Å². The minimum atomic E-state index is -0.164. The third-order valence-electron chi connectivity index (χ3n) is 3.42. The summed E-state index contributed by atoms with van der Waals surface area (Å²) in [5.41, 5.74) is 7.32. The number of anilines is 1. The van der Waals surface area contributed by atoms with E-state index in [-0.39, 0.29) is 5.41 Å². The van der Waals surface area contributed by atoms with Gasteiger partial charge in [-0.1, -0.05) is 55.2 Å². The molecule has 0 fully saturated rings. The first-order valence-electron chi connectivity index (χ1n) is 6.08. The van der Waals surface area contributed by atoms with Gasteiger partial charge in [-0.05, 0) is 18.6 Å². The largest absolute Gasteiger partial charge is 0.380 e. The first kappa shape index (κ1) is 14.2. The average molecular weight is 299 g/mol. The van der Waals surface area contributed by atoms with Crippen LogP contribution in [0.25, 0.3) is 11.1 Å². The number of aromatic nitrogens is 1. The van der Waals surface area contributed by atoms with Crippen molar-refractivity contribution >= 4 is 29.0 Å². The zero-order chi connectivity index (χ0) is 14.2. The van der Waals surface area contributed by atoms with Crippen molar-refractivity contribution in [2.45, 2.75) is 32.6 Å². The number of nitrogens with two attached hydrogens (primary N) is 1. The van der Waals surface area contributed by atoms with Crippen molar-refractivity contribution < 1.29 is 4.52 Å². The van der Waals surface area contributed by atoms with Gasteiger partial charge in [0.05, 0.1) is 10.6 Å². The molecule has 1 heterocycles. The number of benzene rings is 1. The van der Waals surface area contributed by atoms with Crippen molar-refractivity contribution in [3.8, 4) is 11.1 Å². The summed E-state index contributed by atoms with van der Waals surface area (Å²) < 4.78 is 5.42. The lowest BCUT2D eigenvalue weighted by Gasteiger charge is -2.20. The Labute approximate surface area is 122 Å². The van der Waals surface area contributed by atoms with Gasteiger partial charge in [-0.25, -0.2) is 0 Å². The molecule has 5 heteroatoms. The Bertz CT molecular complexity index is 605. The van der Waals surface area contributed by atoms with Crippen LogP contribution in [0.5, 0.6) is 0 Å². The lowest BCUT2D eigenvalue weighted by atomic mass is 9.83. The van der Waals surface area contributed by atoms with Crippen LogP contribution in [-0.4, -0.2) is 5.16 Å². The number of nitrogen functional groups attached to an aromatic ring is 1. The third kappa shape index (κ3) is 2.58. The summed E-state index contributed by atoms with van der Waals surface area (Å²) in [6.45, 7) is 6.26. The summed E-state index contributed by atoms with van der Waals surface area (Å²) in [4.78, 5) is 0. The van der Waals surface area contributed by atoms with Gasteiger partial charge in [-0.3, -0.25) is 0 Å². The van der Waals surface area contributed by atoms with Gasteiger partial charge in [0.1, 0.15) is 0 Å². The molecule has 102 valence electrons. The lowest BCUT2D eigenvalue weighted by Crippen LogP contribution is -2.15. The van der Waals surface area contributed by atoms with E-state index in [0.717, 1.165) is 23.3 Å². The molecule has 2 N–H and O–H groups in total. The van der Waals surface area contributed by atoms with Crippen molar-refractivity contribution in [2.75, 3.05) is 5.73 Å². The molecule has 1 aromatic heterocycles. The summed E-state index contributed by atoms with van der Waals surface area (Å²) in [5.74, 6) is 1.09. The van der Waals surface area contributed by atoms with Gasteiger partial charge in [0.15, 0.2) is 11.6 Å². The minimum absolute atomic E-state index is 0.164. The topological polar surface area (TPSA) is 52.0 Å². The molecule has 0 saturated heterocycles. The highest BCUT2D eigenvalue weighted by Gasteiger charge is 2.30. The van der Waals surface area contributed by atoms with Crippen molar-refractivity contribution in [3.05, 3.63) is 34.0 Å². The Kier molecular flexibility index (Phi) is 3.79. The molecule has 2 aromatic rings. The maximum atomic E-state index is 6.25. The molecule has 0 radical (unpaired) electrons. The van der Waals surface area contributed by atoms with E-state index < -0.39 is 0 Å². The molecule has 19 heavy (non-hydrogen) atoms. The summed E-state index contributed by atoms with van der Waals surface area (Å²) in [6, 6.07) is 5.30. The fraction of sp³-hybridized carbons (Fsp3) is 0.357. The molecule has 2 rings (SSSR count). The molecule has 0 saturated carbocycles. The monoisotopic (exact) mass is 298 g/mol. The molecular formula is C14H16Cl2N2O. The number of hydrogen-bond donors (Lipinski definition) is 1. The zero-order valence-corrected chi connectivity index (χ0v) is 12.6. The summed E-state index contributed by atoms with van der Waals surface area (Å²) in [5, 5.41) is 5.00. The Morgan fingerprint density at radius 1 is 1.32 bits per heavy atom. The van der Waals surface area contributed by atoms with Crippen LogP contribution in [0.2, 0.25) is 10.0 Å². The summed E-state index contributed by atoms with van der Waals surface area (Å²) in [7, 11) is 0. The molecule has 1 aromatic carbocycles. The van der Waals surface area contributed by atoms with Crippen LogP contribution in [0.1, 0.15) is 33.0 Å². The fourth-order valence-electron chi connectivity index (χ4n) is 1.88. The van der Waals surface area contributed by atoms with Crippen molar-refractivity contribution in [1.29, 1.82) is 0 Å². The molecule has 0 aliphatic rings. The molecule has 0 spiro atoms. The molecule has 0 amide bonds. The predicted molar refractivity (Wildman–Crippen MR) is 79.7 cm³/mol. The minimum Gasteiger partial charge on any atom is -0.380 e. The van der Waals surface area contributed by atoms with E-state index in [1.807, 2.05) is 6.07 Å². The third-order valence-corrected chi connectivity index (χ3v) is 3.97. The molecule has 0 atom stereocenters. The number of hydrogen-bond acceptors (Lipinski definition) is 3. The van der Waals surface area contributed by atoms with Gasteiger partial charge in [0.25, 0.3) is 0 Å². The van der Waals surface area contributed by atoms with Crippen molar-refractivity contribution in [3.63, 3.8) is 0 Å². The first-order valence-corrected chi connectivity index (χ1v) is 6.83. The summed E-state index contributed by atoms with van der Waals surface area (Å²) in [6.07, 6.45) is 0.903. The number of nitrogens with zero attached hydrogens (tertiary/aromatic N) is 1. The van der Waals surface area contributed by atoms with E-state index in [0.29, 0.717) is 15.9 Å². The number of halogens is 2. The summed E-state index contributed by atoms with van der Waals surface area (Å²) >= 11 is 12.2. The first-order chi connectivity index (χ1) is 8.86. The molecule has 0 aliphatic carbocycles. The highest BCUT2D eigenvalue weighted by molar-refractivity contribution is 6.36. The van der Waals surface area contributed by atoms with Gasteiger partial charge in [-0.2, -0.15) is 0 Å². The van der Waals surface area contributed by atoms with Crippen LogP contribution in [0.4, 0.5) is 5.82 Å². The van der Waals surface area contributed by atoms with Crippen LogP contribution in [0.3, 0.4) is 0 Å². The van der Waals surface area contributed by atoms with Crippen molar-refractivity contribution in [1.82, 2.24) is 5.16 Å². The van der Waals surface area contributed by atoms with Crippen LogP contribution < -0.4 is 5.73 Å². The Hall–Kier alpha value is -1.19. The molecule has 3 nitrogen and oxygen atoms in total. The lowest BCUT2D eigenvalue weighted by molar-refractivity contribution is 0.313. The SMILES string of the molecule is CCC(C)(C)c1onc(N)c1-c1ccc(Cl)cc1Cl. The smallest absolute Gasteiger partial charge is 0.175 e. The molecular weight excluding hydrogens is 283 g/mol. The molecule has 0 unspecified atom stereocenters. The highest BCUT2D eigenvalue weighted by Crippen LogP contribution is 2.41. The van der Waals surface area contributed by atoms with Gasteiger partial charge in [-0.15, -0.1) is 0 Å². The van der Waals surface area contributed by atoms with E-state index in [2.05, 4.69) is 25.9 Å². The predicted octanol–water partition coefficient (Wildman–Crippen LogP) is 4.92. The van der Waals surface area contributed by atoms with Gasteiger partial charge >= 0.3 is 0 Å². The van der Waals surface area contributed by atoms with Gasteiger partial charge in [0, 0.05) is 16.0 Å². The average Bonchev–Trinajstić information content (AvgIpc) is 2.72. The van der Waals surface area contributed by atoms with Crippen LogP contribution in [-0.2, 0) is 5.41 Å². The zero-order valence-electron chi connectivity index (χ0n) is 11.1. The van der Waals surface area contributed by atoms with Crippen LogP contribution >= 0.6 is 23.2 Å². The quantitative estimate of drug-likeness (QED) is 0.875. The number of rotatable bonds is 3. The second kappa shape index (κ2) is 5.06. The Morgan fingerprint density at radius 3 is 2.58 bits per heavy atom.